The van der Waals surface area contributed by atoms with Gasteiger partial charge in [0.1, 0.15) is 0 Å². The number of carbonyl (C=O) groups excluding carboxylic acids is 4. The summed E-state index contributed by atoms with van der Waals surface area (Å²) >= 11 is 0. The number of nitrogens with one attached hydrogen (secondary N) is 1. The Balaban J connectivity index is 2.58. The second-order valence-corrected chi connectivity index (χ2v) is 6.92. The molecule has 0 aromatic rings. The van der Waals surface area contributed by atoms with Crippen molar-refractivity contribution >= 4 is 23.6 Å². The first kappa shape index (κ1) is 19.6. The maximum atomic E-state index is 12.6. The van der Waals surface area contributed by atoms with Crippen LogP contribution in [0.25, 0.3) is 0 Å². The smallest absolute Gasteiger partial charge is 0.260 e. The molecule has 0 saturated heterocycles. The summed E-state index contributed by atoms with van der Waals surface area (Å²) in [6.07, 6.45) is 1.40. The lowest BCUT2D eigenvalue weighted by Gasteiger charge is -2.26. The van der Waals surface area contributed by atoms with Crippen molar-refractivity contribution in [1.29, 1.82) is 0 Å². The molecule has 1 N–H and O–H groups in total. The molecule has 26 heavy (non-hydrogen) atoms. The van der Waals surface area contributed by atoms with Crippen molar-refractivity contribution in [3.63, 3.8) is 0 Å². The molecule has 6 nitrogen and oxygen atoms in total. The Hall–Kier alpha value is -2.76. The summed E-state index contributed by atoms with van der Waals surface area (Å²) in [6, 6.07) is 0. The quantitative estimate of drug-likeness (QED) is 0.604. The normalized spacial score (nSPS) is 20.0. The maximum Gasteiger partial charge on any atom is 0.260 e. The fourth-order valence-electron chi connectivity index (χ4n) is 3.93. The van der Waals surface area contributed by atoms with Crippen molar-refractivity contribution in [1.82, 2.24) is 10.2 Å². The topological polar surface area (TPSA) is 83.6 Å². The first-order valence-corrected chi connectivity index (χ1v) is 8.47. The standard InChI is InChI=1S/C20H24N2O4/c1-8-13-16(20(26)22(7)19(13)25)11(5)14(9(2)3)10(4)15-12(6)17(23)21-18(15)24/h8,10-11H,1H2,2-7H3,(H,21,23,24). The summed E-state index contributed by atoms with van der Waals surface area (Å²) in [6.45, 7) is 12.8. The first-order chi connectivity index (χ1) is 12.0. The number of nitrogens with zero attached hydrogens (tertiary/aromatic N) is 1. The summed E-state index contributed by atoms with van der Waals surface area (Å²) in [5, 5.41) is 2.31. The lowest BCUT2D eigenvalue weighted by Crippen LogP contribution is -2.29. The van der Waals surface area contributed by atoms with Gasteiger partial charge in [-0.1, -0.05) is 37.6 Å². The van der Waals surface area contributed by atoms with Crippen molar-refractivity contribution < 1.29 is 19.2 Å². The molecular weight excluding hydrogens is 332 g/mol. The van der Waals surface area contributed by atoms with E-state index in [1.807, 2.05) is 27.7 Å². The van der Waals surface area contributed by atoms with E-state index < -0.39 is 17.7 Å². The molecule has 0 radical (unpaired) electrons. The molecule has 2 unspecified atom stereocenters. The van der Waals surface area contributed by atoms with Gasteiger partial charge in [0.25, 0.3) is 23.6 Å². The van der Waals surface area contributed by atoms with Crippen molar-refractivity contribution in [2.45, 2.75) is 34.6 Å². The molecule has 0 bridgehead atoms. The minimum absolute atomic E-state index is 0.286. The molecule has 138 valence electrons. The van der Waals surface area contributed by atoms with Crippen LogP contribution >= 0.6 is 0 Å². The zero-order valence-electron chi connectivity index (χ0n) is 16.0. The summed E-state index contributed by atoms with van der Waals surface area (Å²) in [5.41, 5.74) is 3.23. The average molecular weight is 356 g/mol. The molecule has 0 saturated carbocycles. The van der Waals surface area contributed by atoms with Crippen LogP contribution in [0.2, 0.25) is 0 Å². The van der Waals surface area contributed by atoms with E-state index in [0.29, 0.717) is 16.7 Å². The van der Waals surface area contributed by atoms with Crippen LogP contribution in [0.5, 0.6) is 0 Å². The van der Waals surface area contributed by atoms with Gasteiger partial charge in [-0.15, -0.1) is 0 Å². The molecule has 2 aliphatic heterocycles. The lowest BCUT2D eigenvalue weighted by atomic mass is 9.77. The van der Waals surface area contributed by atoms with Gasteiger partial charge in [-0.05, 0) is 20.8 Å². The summed E-state index contributed by atoms with van der Waals surface area (Å²) in [5.74, 6) is -2.30. The Bertz CT molecular complexity index is 838. The lowest BCUT2D eigenvalue weighted by molar-refractivity contribution is -0.136. The van der Waals surface area contributed by atoms with E-state index in [1.165, 1.54) is 13.1 Å². The van der Waals surface area contributed by atoms with Gasteiger partial charge in [0, 0.05) is 41.2 Å². The monoisotopic (exact) mass is 356 g/mol. The highest BCUT2D eigenvalue weighted by Gasteiger charge is 2.40. The van der Waals surface area contributed by atoms with Crippen molar-refractivity contribution in [2.75, 3.05) is 7.05 Å². The van der Waals surface area contributed by atoms with Gasteiger partial charge in [0.05, 0.1) is 0 Å². The molecule has 0 aliphatic carbocycles. The molecule has 4 amide bonds. The largest absolute Gasteiger partial charge is 0.289 e. The van der Waals surface area contributed by atoms with Crippen LogP contribution in [0, 0.1) is 11.8 Å². The number of hydrogen-bond donors (Lipinski definition) is 1. The number of hydrogen-bond acceptors (Lipinski definition) is 4. The predicted octanol–water partition coefficient (Wildman–Crippen LogP) is 2.05. The number of imide groups is 2. The van der Waals surface area contributed by atoms with E-state index in [4.69, 9.17) is 0 Å². The zero-order chi connectivity index (χ0) is 19.9. The van der Waals surface area contributed by atoms with Gasteiger partial charge in [0.2, 0.25) is 0 Å². The Labute approximate surface area is 153 Å². The number of rotatable bonds is 5. The zero-order valence-corrected chi connectivity index (χ0v) is 16.0. The fraction of sp³-hybridized carbons (Fsp3) is 0.400. The Morgan fingerprint density at radius 2 is 1.54 bits per heavy atom. The minimum Gasteiger partial charge on any atom is -0.289 e. The van der Waals surface area contributed by atoms with Gasteiger partial charge < -0.3 is 0 Å². The highest BCUT2D eigenvalue weighted by Crippen LogP contribution is 2.39. The van der Waals surface area contributed by atoms with E-state index in [2.05, 4.69) is 11.9 Å². The Morgan fingerprint density at radius 3 is 1.96 bits per heavy atom. The average Bonchev–Trinajstić information content (AvgIpc) is 2.93. The van der Waals surface area contributed by atoms with Crippen molar-refractivity contribution in [3.05, 3.63) is 46.1 Å². The molecule has 2 atom stereocenters. The Kier molecular flexibility index (Phi) is 5.16. The van der Waals surface area contributed by atoms with Crippen molar-refractivity contribution in [2.24, 2.45) is 11.8 Å². The van der Waals surface area contributed by atoms with E-state index in [-0.39, 0.29) is 23.3 Å². The van der Waals surface area contributed by atoms with Gasteiger partial charge >= 0.3 is 0 Å². The third kappa shape index (κ3) is 2.85. The highest BCUT2D eigenvalue weighted by atomic mass is 16.2. The van der Waals surface area contributed by atoms with E-state index in [9.17, 15) is 19.2 Å². The first-order valence-electron chi connectivity index (χ1n) is 8.47. The third-order valence-corrected chi connectivity index (χ3v) is 5.16. The van der Waals surface area contributed by atoms with E-state index in [0.717, 1.165) is 16.0 Å². The third-order valence-electron chi connectivity index (χ3n) is 5.16. The predicted molar refractivity (Wildman–Crippen MR) is 97.6 cm³/mol. The molecular formula is C20H24N2O4. The second-order valence-electron chi connectivity index (χ2n) is 6.92. The summed E-state index contributed by atoms with van der Waals surface area (Å²) in [4.78, 5) is 50.0. The molecule has 6 heteroatoms. The van der Waals surface area contributed by atoms with Crippen LogP contribution < -0.4 is 5.32 Å². The maximum absolute atomic E-state index is 12.6. The van der Waals surface area contributed by atoms with Crippen LogP contribution in [-0.4, -0.2) is 35.6 Å². The molecule has 2 aliphatic rings. The molecule has 0 fully saturated rings. The number of carbonyl (C=O) groups is 4. The van der Waals surface area contributed by atoms with Gasteiger partial charge in [-0.25, -0.2) is 0 Å². The summed E-state index contributed by atoms with van der Waals surface area (Å²) < 4.78 is 0. The van der Waals surface area contributed by atoms with Gasteiger partial charge in [-0.3, -0.25) is 29.4 Å². The number of likely N-dealkylation sites (N-methyl/N-ethyl adjacent to an activating group) is 1. The molecule has 0 aromatic carbocycles. The van der Waals surface area contributed by atoms with Crippen molar-refractivity contribution in [3.8, 4) is 0 Å². The van der Waals surface area contributed by atoms with Gasteiger partial charge in [0.15, 0.2) is 0 Å². The number of allylic oxidation sites excluding steroid dienone is 2. The highest BCUT2D eigenvalue weighted by molar-refractivity contribution is 6.21. The van der Waals surface area contributed by atoms with Crippen LogP contribution in [-0.2, 0) is 19.2 Å². The molecule has 0 aromatic heterocycles. The SMILES string of the molecule is C=CC1=C(C(C)C(=C(C)C)C(C)C2=C(C)C(=O)NC2=O)C(=O)N(C)C1=O. The second kappa shape index (κ2) is 6.86. The number of amides is 4. The fourth-order valence-corrected chi connectivity index (χ4v) is 3.93. The molecule has 2 heterocycles. The minimum atomic E-state index is -0.408. The van der Waals surface area contributed by atoms with Crippen LogP contribution in [0.1, 0.15) is 34.6 Å². The van der Waals surface area contributed by atoms with Crippen LogP contribution in [0.15, 0.2) is 46.1 Å². The van der Waals surface area contributed by atoms with Crippen LogP contribution in [0.3, 0.4) is 0 Å². The van der Waals surface area contributed by atoms with E-state index >= 15 is 0 Å². The molecule has 2 rings (SSSR count). The summed E-state index contributed by atoms with van der Waals surface area (Å²) in [7, 11) is 1.44. The Morgan fingerprint density at radius 1 is 1.00 bits per heavy atom. The van der Waals surface area contributed by atoms with Gasteiger partial charge in [-0.2, -0.15) is 0 Å². The van der Waals surface area contributed by atoms with Crippen LogP contribution in [0.4, 0.5) is 0 Å². The molecule has 0 spiro atoms. The van der Waals surface area contributed by atoms with E-state index in [1.54, 1.807) is 6.92 Å².